The van der Waals surface area contributed by atoms with Crippen LogP contribution in [0.2, 0.25) is 0 Å². The van der Waals surface area contributed by atoms with E-state index in [1.54, 1.807) is 6.07 Å². The third-order valence-electron chi connectivity index (χ3n) is 8.55. The number of benzene rings is 1. The molecule has 5 nitrogen and oxygen atoms in total. The average Bonchev–Trinajstić information content (AvgIpc) is 3.44. The van der Waals surface area contributed by atoms with Crippen LogP contribution < -0.4 is 4.74 Å². The van der Waals surface area contributed by atoms with Crippen molar-refractivity contribution in [3.05, 3.63) is 29.1 Å². The summed E-state index contributed by atoms with van der Waals surface area (Å²) in [7, 11) is 0. The lowest BCUT2D eigenvalue weighted by atomic mass is 9.55. The molecule has 6 heteroatoms. The van der Waals surface area contributed by atoms with Crippen molar-refractivity contribution in [2.24, 2.45) is 23.7 Å². The summed E-state index contributed by atoms with van der Waals surface area (Å²) >= 11 is 0. The Kier molecular flexibility index (Phi) is 4.55. The van der Waals surface area contributed by atoms with Gasteiger partial charge in [-0.15, -0.1) is 0 Å². The predicted molar refractivity (Wildman–Crippen MR) is 112 cm³/mol. The minimum atomic E-state index is -1.02. The fourth-order valence-corrected chi connectivity index (χ4v) is 7.19. The number of hydrogen-bond donors (Lipinski definition) is 1. The molecule has 5 saturated carbocycles. The summed E-state index contributed by atoms with van der Waals surface area (Å²) < 4.78 is 21.7. The van der Waals surface area contributed by atoms with Crippen molar-refractivity contribution >= 4 is 11.9 Å². The summed E-state index contributed by atoms with van der Waals surface area (Å²) in [5, 5.41) is 9.42. The summed E-state index contributed by atoms with van der Waals surface area (Å²) in [5.41, 5.74) is 0.928. The number of rotatable bonds is 5. The Morgan fingerprint density at radius 1 is 1.00 bits per heavy atom. The van der Waals surface area contributed by atoms with Gasteiger partial charge in [0.2, 0.25) is 0 Å². The van der Waals surface area contributed by atoms with Gasteiger partial charge in [0.05, 0.1) is 5.56 Å². The molecule has 166 valence electrons. The molecule has 1 aromatic rings. The minimum absolute atomic E-state index is 0.00696. The van der Waals surface area contributed by atoms with Gasteiger partial charge < -0.3 is 14.7 Å². The first-order valence-electron chi connectivity index (χ1n) is 12.0. The fraction of sp³-hybridized carbons (Fsp3) is 0.680. The molecule has 31 heavy (non-hydrogen) atoms. The topological polar surface area (TPSA) is 66.8 Å². The zero-order valence-corrected chi connectivity index (χ0v) is 17.8. The maximum atomic E-state index is 15.2. The SMILES string of the molecule is O=C(O)C1CCCN1C(=O)c1cc(C2CC2)c(OC2C3CC4CC(C3)CC2C4)cc1F. The lowest BCUT2D eigenvalue weighted by Gasteiger charge is -2.53. The first-order valence-corrected chi connectivity index (χ1v) is 12.0. The minimum Gasteiger partial charge on any atom is -0.489 e. The van der Waals surface area contributed by atoms with Crippen LogP contribution in [-0.4, -0.2) is 40.6 Å². The van der Waals surface area contributed by atoms with E-state index >= 15 is 4.39 Å². The highest BCUT2D eigenvalue weighted by molar-refractivity contribution is 5.97. The number of amides is 1. The van der Waals surface area contributed by atoms with Crippen molar-refractivity contribution in [2.45, 2.75) is 75.9 Å². The van der Waals surface area contributed by atoms with Crippen LogP contribution in [0.1, 0.15) is 79.6 Å². The fourth-order valence-electron chi connectivity index (χ4n) is 7.19. The summed E-state index contributed by atoms with van der Waals surface area (Å²) in [6, 6.07) is 2.22. The van der Waals surface area contributed by atoms with E-state index in [0.29, 0.717) is 42.9 Å². The smallest absolute Gasteiger partial charge is 0.326 e. The van der Waals surface area contributed by atoms with Crippen LogP contribution in [0, 0.1) is 29.5 Å². The number of carbonyl (C=O) groups is 2. The van der Waals surface area contributed by atoms with Gasteiger partial charge in [-0.1, -0.05) is 0 Å². The number of carboxylic acid groups (broad SMARTS) is 1. The molecule has 1 heterocycles. The van der Waals surface area contributed by atoms with E-state index in [4.69, 9.17) is 4.74 Å². The van der Waals surface area contributed by atoms with E-state index in [2.05, 4.69) is 0 Å². The van der Waals surface area contributed by atoms with E-state index in [1.165, 1.54) is 43.1 Å². The summed E-state index contributed by atoms with van der Waals surface area (Å²) in [6.45, 7) is 0.361. The van der Waals surface area contributed by atoms with Crippen LogP contribution in [0.4, 0.5) is 4.39 Å². The van der Waals surface area contributed by atoms with Gasteiger partial charge in [-0.05, 0) is 99.0 Å². The average molecular weight is 428 g/mol. The molecular formula is C25H30FNO4. The summed E-state index contributed by atoms with van der Waals surface area (Å²) in [6.07, 6.45) is 9.61. The van der Waals surface area contributed by atoms with E-state index < -0.39 is 23.7 Å². The second-order valence-corrected chi connectivity index (χ2v) is 10.7. The molecule has 5 aliphatic carbocycles. The first kappa shape index (κ1) is 19.6. The van der Waals surface area contributed by atoms with Gasteiger partial charge in [0.15, 0.2) is 0 Å². The maximum absolute atomic E-state index is 15.2. The van der Waals surface area contributed by atoms with Crippen molar-refractivity contribution in [3.8, 4) is 5.75 Å². The number of likely N-dealkylation sites (tertiary alicyclic amines) is 1. The number of nitrogens with zero attached hydrogens (tertiary/aromatic N) is 1. The Bertz CT molecular complexity index is 898. The van der Waals surface area contributed by atoms with Crippen molar-refractivity contribution < 1.29 is 23.8 Å². The standard InChI is InChI=1S/C25H30FNO4/c26-20-12-22(31-23-16-7-13-6-14(9-16)10-17(23)8-13)18(15-3-4-15)11-19(20)24(28)27-5-1-2-21(27)25(29)30/h11-17,21,23H,1-10H2,(H,29,30). The second kappa shape index (κ2) is 7.21. The Hall–Kier alpha value is -2.11. The molecule has 4 bridgehead atoms. The highest BCUT2D eigenvalue weighted by Crippen LogP contribution is 2.55. The molecule has 6 fully saturated rings. The van der Waals surface area contributed by atoms with Crippen molar-refractivity contribution in [3.63, 3.8) is 0 Å². The van der Waals surface area contributed by atoms with Crippen molar-refractivity contribution in [2.75, 3.05) is 6.54 Å². The molecular weight excluding hydrogens is 397 g/mol. The number of halogens is 1. The van der Waals surface area contributed by atoms with Gasteiger partial charge in [0.25, 0.3) is 5.91 Å². The van der Waals surface area contributed by atoms with Crippen LogP contribution in [0.5, 0.6) is 5.75 Å². The van der Waals surface area contributed by atoms with Crippen LogP contribution >= 0.6 is 0 Å². The highest BCUT2D eigenvalue weighted by Gasteiger charge is 2.50. The Balaban J connectivity index is 1.29. The first-order chi connectivity index (χ1) is 15.0. The third kappa shape index (κ3) is 3.33. The van der Waals surface area contributed by atoms with E-state index in [-0.39, 0.29) is 11.7 Å². The molecule has 1 aromatic carbocycles. The normalized spacial score (nSPS) is 36.1. The largest absolute Gasteiger partial charge is 0.489 e. The van der Waals surface area contributed by atoms with Crippen molar-refractivity contribution in [1.29, 1.82) is 0 Å². The molecule has 1 amide bonds. The van der Waals surface area contributed by atoms with Crippen LogP contribution in [0.25, 0.3) is 0 Å². The van der Waals surface area contributed by atoms with Crippen molar-refractivity contribution in [1.82, 2.24) is 4.90 Å². The molecule has 0 radical (unpaired) electrons. The van der Waals surface area contributed by atoms with E-state index in [1.807, 2.05) is 0 Å². The number of carbonyl (C=O) groups excluding carboxylic acids is 1. The summed E-state index contributed by atoms with van der Waals surface area (Å²) in [5.74, 6) is 1.67. The van der Waals surface area contributed by atoms with Gasteiger partial charge >= 0.3 is 5.97 Å². The Labute approximate surface area is 181 Å². The van der Waals surface area contributed by atoms with Crippen LogP contribution in [0.15, 0.2) is 12.1 Å². The second-order valence-electron chi connectivity index (χ2n) is 10.7. The lowest BCUT2D eigenvalue weighted by molar-refractivity contribution is -0.141. The predicted octanol–water partition coefficient (Wildman–Crippen LogP) is 4.60. The van der Waals surface area contributed by atoms with Gasteiger partial charge in [-0.3, -0.25) is 4.79 Å². The number of carboxylic acids is 1. The molecule has 1 unspecified atom stereocenters. The maximum Gasteiger partial charge on any atom is 0.326 e. The third-order valence-corrected chi connectivity index (χ3v) is 8.55. The monoisotopic (exact) mass is 427 g/mol. The lowest BCUT2D eigenvalue weighted by Crippen LogP contribution is -2.50. The molecule has 7 rings (SSSR count). The zero-order valence-electron chi connectivity index (χ0n) is 17.8. The molecule has 6 aliphatic rings. The highest BCUT2D eigenvalue weighted by atomic mass is 19.1. The number of ether oxygens (including phenoxy) is 1. The van der Waals surface area contributed by atoms with E-state index in [9.17, 15) is 14.7 Å². The van der Waals surface area contributed by atoms with Gasteiger partial charge in [-0.2, -0.15) is 0 Å². The quantitative estimate of drug-likeness (QED) is 0.746. The van der Waals surface area contributed by atoms with Gasteiger partial charge in [0, 0.05) is 12.6 Å². The molecule has 1 saturated heterocycles. The molecule has 1 aliphatic heterocycles. The van der Waals surface area contributed by atoms with Crippen LogP contribution in [-0.2, 0) is 4.79 Å². The molecule has 1 N–H and O–H groups in total. The molecule has 0 spiro atoms. The Morgan fingerprint density at radius 2 is 1.68 bits per heavy atom. The van der Waals surface area contributed by atoms with Gasteiger partial charge in [0.1, 0.15) is 23.7 Å². The summed E-state index contributed by atoms with van der Waals surface area (Å²) in [4.78, 5) is 25.9. The zero-order chi connectivity index (χ0) is 21.3. The molecule has 0 aromatic heterocycles. The molecule has 1 atom stereocenters. The van der Waals surface area contributed by atoms with E-state index in [0.717, 1.165) is 30.2 Å². The number of hydrogen-bond acceptors (Lipinski definition) is 3. The Morgan fingerprint density at radius 3 is 2.29 bits per heavy atom. The van der Waals surface area contributed by atoms with Crippen LogP contribution in [0.3, 0.4) is 0 Å². The van der Waals surface area contributed by atoms with Gasteiger partial charge in [-0.25, -0.2) is 9.18 Å². The number of aliphatic carboxylic acids is 1.